The highest BCUT2D eigenvalue weighted by molar-refractivity contribution is 5.93. The van der Waals surface area contributed by atoms with E-state index in [1.165, 1.54) is 19.3 Å². The molecule has 6 heteroatoms. The van der Waals surface area contributed by atoms with E-state index in [0.717, 1.165) is 0 Å². The summed E-state index contributed by atoms with van der Waals surface area (Å²) in [4.78, 5) is 12.3. The maximum absolute atomic E-state index is 14.5. The summed E-state index contributed by atoms with van der Waals surface area (Å²) in [5.74, 6) is 0.182. The van der Waals surface area contributed by atoms with Gasteiger partial charge in [0.2, 0.25) is 0 Å². The summed E-state index contributed by atoms with van der Waals surface area (Å²) in [5.41, 5.74) is 6.06. The Morgan fingerprint density at radius 1 is 1.54 bits per heavy atom. The molecule has 0 saturated carbocycles. The number of rotatable bonds is 6. The number of carbonyl (C=O) groups is 1. The topological polar surface area (TPSA) is 70.8 Å². The number of methoxy groups -OCH3 is 1. The molecule has 1 aliphatic heterocycles. The Morgan fingerprint density at radius 2 is 2.31 bits per heavy atom. The lowest BCUT2D eigenvalue weighted by atomic mass is 9.71. The first-order valence-electron chi connectivity index (χ1n) is 8.66. The molecular weight excluding hydrogens is 337 g/mol. The standard InChI is InChI=1S/C20H24FNO4/c1-4-5-13-10-20(19(9-17(13)23)25-11-26-20)12(2)6-14-7-16(22)18(24-3)8-15(14)21/h4,7-9,12-13H,1,5-6,10-11,22H2,2-3H3/t12-,13-,20+/m0/s1. The van der Waals surface area contributed by atoms with Crippen LogP contribution in [0.4, 0.5) is 10.1 Å². The lowest BCUT2D eigenvalue weighted by molar-refractivity contribution is -0.123. The van der Waals surface area contributed by atoms with Crippen LogP contribution < -0.4 is 10.5 Å². The largest absolute Gasteiger partial charge is 0.494 e. The Hall–Kier alpha value is -2.34. The average molecular weight is 361 g/mol. The molecule has 0 aromatic heterocycles. The SMILES string of the molecule is C=CC[C@H]1C[C@]2([C@@H](C)Cc3cc(N)c(OC)cc3F)OCOC2=CC1=O. The van der Waals surface area contributed by atoms with E-state index in [9.17, 15) is 9.18 Å². The van der Waals surface area contributed by atoms with E-state index < -0.39 is 5.60 Å². The van der Waals surface area contributed by atoms with Crippen LogP contribution in [0.5, 0.6) is 5.75 Å². The van der Waals surface area contributed by atoms with Gasteiger partial charge in [0.1, 0.15) is 22.9 Å². The minimum Gasteiger partial charge on any atom is -0.494 e. The molecule has 0 amide bonds. The first-order chi connectivity index (χ1) is 12.4. The summed E-state index contributed by atoms with van der Waals surface area (Å²) in [6.45, 7) is 5.80. The minimum atomic E-state index is -0.733. The molecule has 3 atom stereocenters. The summed E-state index contributed by atoms with van der Waals surface area (Å²) < 4.78 is 31.0. The molecule has 140 valence electrons. The van der Waals surface area contributed by atoms with Gasteiger partial charge in [0.05, 0.1) is 12.8 Å². The Morgan fingerprint density at radius 3 is 3.00 bits per heavy atom. The van der Waals surface area contributed by atoms with Gasteiger partial charge in [-0.2, -0.15) is 0 Å². The zero-order valence-electron chi connectivity index (χ0n) is 15.1. The molecule has 0 unspecified atom stereocenters. The number of anilines is 1. The van der Waals surface area contributed by atoms with Crippen LogP contribution in [0.2, 0.25) is 0 Å². The van der Waals surface area contributed by atoms with E-state index in [1.54, 1.807) is 12.1 Å². The van der Waals surface area contributed by atoms with Crippen molar-refractivity contribution in [3.63, 3.8) is 0 Å². The van der Waals surface area contributed by atoms with Crippen LogP contribution >= 0.6 is 0 Å². The molecule has 26 heavy (non-hydrogen) atoms. The predicted molar refractivity (Wildman–Crippen MR) is 96.0 cm³/mol. The Balaban J connectivity index is 1.89. The van der Waals surface area contributed by atoms with Crippen molar-refractivity contribution in [2.45, 2.75) is 31.8 Å². The highest BCUT2D eigenvalue weighted by Crippen LogP contribution is 2.46. The molecule has 3 rings (SSSR count). The minimum absolute atomic E-state index is 0.0214. The monoisotopic (exact) mass is 361 g/mol. The zero-order chi connectivity index (χ0) is 18.9. The highest BCUT2D eigenvalue weighted by atomic mass is 19.1. The van der Waals surface area contributed by atoms with Gasteiger partial charge in [0.15, 0.2) is 12.6 Å². The van der Waals surface area contributed by atoms with Crippen molar-refractivity contribution in [2.75, 3.05) is 19.6 Å². The maximum Gasteiger partial charge on any atom is 0.189 e. The molecule has 1 fully saturated rings. The van der Waals surface area contributed by atoms with Crippen molar-refractivity contribution >= 4 is 11.5 Å². The quantitative estimate of drug-likeness (QED) is 0.621. The molecule has 2 aliphatic rings. The van der Waals surface area contributed by atoms with Crippen molar-refractivity contribution < 1.29 is 23.4 Å². The second kappa shape index (κ2) is 7.11. The second-order valence-electron chi connectivity index (χ2n) is 6.92. The fourth-order valence-corrected chi connectivity index (χ4v) is 3.86. The number of halogens is 1. The van der Waals surface area contributed by atoms with Crippen molar-refractivity contribution in [1.29, 1.82) is 0 Å². The number of fused-ring (bicyclic) bond motifs is 1. The van der Waals surface area contributed by atoms with Crippen LogP contribution in [0, 0.1) is 17.7 Å². The number of allylic oxidation sites excluding steroid dienone is 2. The smallest absolute Gasteiger partial charge is 0.189 e. The first kappa shape index (κ1) is 18.5. The van der Waals surface area contributed by atoms with E-state index >= 15 is 0 Å². The van der Waals surface area contributed by atoms with Crippen molar-refractivity contribution in [2.24, 2.45) is 11.8 Å². The zero-order valence-corrected chi connectivity index (χ0v) is 15.1. The molecule has 1 saturated heterocycles. The van der Waals surface area contributed by atoms with Gasteiger partial charge >= 0.3 is 0 Å². The average Bonchev–Trinajstić information content (AvgIpc) is 3.02. The second-order valence-corrected chi connectivity index (χ2v) is 6.92. The van der Waals surface area contributed by atoms with Gasteiger partial charge in [-0.25, -0.2) is 4.39 Å². The summed E-state index contributed by atoms with van der Waals surface area (Å²) in [5, 5.41) is 0. The number of ketones is 1. The van der Waals surface area contributed by atoms with Crippen LogP contribution in [0.1, 0.15) is 25.3 Å². The van der Waals surface area contributed by atoms with Gasteiger partial charge in [0.25, 0.3) is 0 Å². The third-order valence-corrected chi connectivity index (χ3v) is 5.35. The Kier molecular flexibility index (Phi) is 5.05. The van der Waals surface area contributed by atoms with Crippen LogP contribution in [-0.4, -0.2) is 25.3 Å². The van der Waals surface area contributed by atoms with Crippen LogP contribution in [0.15, 0.2) is 36.6 Å². The normalized spacial score (nSPS) is 25.9. The fourth-order valence-electron chi connectivity index (χ4n) is 3.86. The summed E-state index contributed by atoms with van der Waals surface area (Å²) in [6.07, 6.45) is 4.73. The van der Waals surface area contributed by atoms with Gasteiger partial charge in [-0.05, 0) is 36.8 Å². The number of ether oxygens (including phenoxy) is 3. The molecule has 0 spiro atoms. The van der Waals surface area contributed by atoms with Crippen LogP contribution in [-0.2, 0) is 20.7 Å². The number of carbonyl (C=O) groups excluding carboxylic acids is 1. The number of nitrogen functional groups attached to an aromatic ring is 1. The molecule has 1 aromatic rings. The fraction of sp³-hybridized carbons (Fsp3) is 0.450. The van der Waals surface area contributed by atoms with E-state index in [-0.39, 0.29) is 30.2 Å². The van der Waals surface area contributed by atoms with Gasteiger partial charge in [-0.3, -0.25) is 4.79 Å². The van der Waals surface area contributed by atoms with Gasteiger partial charge < -0.3 is 19.9 Å². The third kappa shape index (κ3) is 3.09. The van der Waals surface area contributed by atoms with E-state index in [2.05, 4.69) is 6.58 Å². The molecular formula is C20H24FNO4. The van der Waals surface area contributed by atoms with Gasteiger partial charge in [-0.1, -0.05) is 13.0 Å². The number of benzene rings is 1. The Labute approximate surface area is 152 Å². The molecule has 1 aliphatic carbocycles. The summed E-state index contributed by atoms with van der Waals surface area (Å²) in [6, 6.07) is 2.89. The van der Waals surface area contributed by atoms with E-state index in [1.807, 2.05) is 6.92 Å². The van der Waals surface area contributed by atoms with Gasteiger partial charge in [0, 0.05) is 18.1 Å². The summed E-state index contributed by atoms with van der Waals surface area (Å²) >= 11 is 0. The molecule has 5 nitrogen and oxygen atoms in total. The maximum atomic E-state index is 14.5. The van der Waals surface area contributed by atoms with Crippen molar-refractivity contribution in [3.8, 4) is 5.75 Å². The molecule has 0 bridgehead atoms. The van der Waals surface area contributed by atoms with E-state index in [0.29, 0.717) is 42.0 Å². The highest BCUT2D eigenvalue weighted by Gasteiger charge is 2.51. The predicted octanol–water partition coefficient (Wildman–Crippen LogP) is 3.39. The molecule has 0 radical (unpaired) electrons. The third-order valence-electron chi connectivity index (χ3n) is 5.35. The number of nitrogens with two attached hydrogens (primary N) is 1. The lowest BCUT2D eigenvalue weighted by Crippen LogP contribution is -2.45. The summed E-state index contributed by atoms with van der Waals surface area (Å²) in [7, 11) is 1.45. The molecule has 1 aromatic carbocycles. The molecule has 1 heterocycles. The Bertz CT molecular complexity index is 760. The van der Waals surface area contributed by atoms with Crippen LogP contribution in [0.3, 0.4) is 0 Å². The first-order valence-corrected chi connectivity index (χ1v) is 8.66. The van der Waals surface area contributed by atoms with Crippen molar-refractivity contribution in [3.05, 3.63) is 48.0 Å². The number of hydrogen-bond donors (Lipinski definition) is 1. The van der Waals surface area contributed by atoms with Gasteiger partial charge in [-0.15, -0.1) is 6.58 Å². The van der Waals surface area contributed by atoms with E-state index in [4.69, 9.17) is 19.9 Å². The van der Waals surface area contributed by atoms with Crippen molar-refractivity contribution in [1.82, 2.24) is 0 Å². The molecule has 2 N–H and O–H groups in total. The number of hydrogen-bond acceptors (Lipinski definition) is 5. The lowest BCUT2D eigenvalue weighted by Gasteiger charge is -2.38. The van der Waals surface area contributed by atoms with Crippen LogP contribution in [0.25, 0.3) is 0 Å².